The molecule has 2 aromatic heterocycles. The monoisotopic (exact) mass is 496 g/mol. The van der Waals surface area contributed by atoms with E-state index in [0.717, 1.165) is 28.2 Å². The second kappa shape index (κ2) is 10.2. The molecule has 0 unspecified atom stereocenters. The Hall–Kier alpha value is -4.53. The minimum absolute atomic E-state index is 0.00840. The zero-order chi connectivity index (χ0) is 25.9. The van der Waals surface area contributed by atoms with Crippen LogP contribution in [-0.2, 0) is 11.2 Å². The maximum absolute atomic E-state index is 13.3. The fraction of sp³-hybridized carbons (Fsp3) is 0.250. The second-order valence-corrected chi connectivity index (χ2v) is 9.19. The van der Waals surface area contributed by atoms with Crippen LogP contribution in [0.2, 0.25) is 0 Å². The molecule has 1 aliphatic heterocycles. The summed E-state index contributed by atoms with van der Waals surface area (Å²) in [5.41, 5.74) is 3.60. The average molecular weight is 497 g/mol. The third-order valence-corrected chi connectivity index (χ3v) is 6.59. The normalized spacial score (nSPS) is 13.6. The minimum Gasteiger partial charge on any atom is -0.353 e. The summed E-state index contributed by atoms with van der Waals surface area (Å²) >= 11 is 0. The van der Waals surface area contributed by atoms with Crippen molar-refractivity contribution >= 4 is 34.1 Å². The van der Waals surface area contributed by atoms with Crippen molar-refractivity contribution < 1.29 is 9.59 Å². The molecule has 2 amide bonds. The number of aromatic nitrogens is 3. The van der Waals surface area contributed by atoms with Crippen molar-refractivity contribution in [3.05, 3.63) is 93.5 Å². The molecule has 9 nitrogen and oxygen atoms in total. The molecule has 1 saturated heterocycles. The number of piperazine rings is 1. The van der Waals surface area contributed by atoms with E-state index in [0.29, 0.717) is 49.2 Å². The number of anilines is 2. The number of aromatic amines is 1. The lowest BCUT2D eigenvalue weighted by Gasteiger charge is -2.35. The van der Waals surface area contributed by atoms with Crippen molar-refractivity contribution in [2.24, 2.45) is 0 Å². The van der Waals surface area contributed by atoms with E-state index in [2.05, 4.69) is 25.4 Å². The number of nitrogens with one attached hydrogen (secondary N) is 2. The summed E-state index contributed by atoms with van der Waals surface area (Å²) in [5, 5.41) is 11.0. The van der Waals surface area contributed by atoms with Gasteiger partial charge < -0.3 is 15.1 Å². The quantitative estimate of drug-likeness (QED) is 0.439. The Morgan fingerprint density at radius 2 is 1.73 bits per heavy atom. The van der Waals surface area contributed by atoms with Crippen LogP contribution in [0.25, 0.3) is 10.8 Å². The summed E-state index contributed by atoms with van der Waals surface area (Å²) < 4.78 is 0. The highest BCUT2D eigenvalue weighted by Crippen LogP contribution is 2.21. The van der Waals surface area contributed by atoms with E-state index in [9.17, 15) is 14.4 Å². The highest BCUT2D eigenvalue weighted by molar-refractivity contribution is 5.94. The van der Waals surface area contributed by atoms with Gasteiger partial charge in [-0.05, 0) is 42.8 Å². The molecule has 0 saturated carbocycles. The number of hydrogen-bond acceptors (Lipinski definition) is 6. The topological polar surface area (TPSA) is 111 Å². The van der Waals surface area contributed by atoms with Gasteiger partial charge in [0.2, 0.25) is 5.91 Å². The molecule has 1 fully saturated rings. The SMILES string of the molecule is CC(=O)Nc1ccc(N2CCN(C(=O)c3cccc(Cc4n[nH]c(=O)c5ccccc45)c3)CC2)nc1C. The first-order valence-corrected chi connectivity index (χ1v) is 12.2. The third kappa shape index (κ3) is 5.20. The maximum atomic E-state index is 13.3. The molecular formula is C28H28N6O3. The van der Waals surface area contributed by atoms with Crippen LogP contribution in [0, 0.1) is 6.92 Å². The van der Waals surface area contributed by atoms with Gasteiger partial charge in [-0.15, -0.1) is 0 Å². The van der Waals surface area contributed by atoms with Gasteiger partial charge in [0.05, 0.1) is 22.5 Å². The first-order valence-electron chi connectivity index (χ1n) is 12.2. The van der Waals surface area contributed by atoms with E-state index >= 15 is 0 Å². The smallest absolute Gasteiger partial charge is 0.272 e. The number of hydrogen-bond donors (Lipinski definition) is 2. The van der Waals surface area contributed by atoms with Gasteiger partial charge in [0.1, 0.15) is 5.82 Å². The third-order valence-electron chi connectivity index (χ3n) is 6.59. The van der Waals surface area contributed by atoms with Crippen molar-refractivity contribution in [1.29, 1.82) is 0 Å². The summed E-state index contributed by atoms with van der Waals surface area (Å²) in [7, 11) is 0. The lowest BCUT2D eigenvalue weighted by atomic mass is 10.0. The van der Waals surface area contributed by atoms with Gasteiger partial charge in [-0.3, -0.25) is 14.4 Å². The number of aryl methyl sites for hydroxylation is 1. The lowest BCUT2D eigenvalue weighted by molar-refractivity contribution is -0.114. The van der Waals surface area contributed by atoms with E-state index in [4.69, 9.17) is 0 Å². The Morgan fingerprint density at radius 3 is 2.46 bits per heavy atom. The Morgan fingerprint density at radius 1 is 0.973 bits per heavy atom. The van der Waals surface area contributed by atoms with E-state index in [-0.39, 0.29) is 17.4 Å². The number of amides is 2. The Balaban J connectivity index is 1.26. The maximum Gasteiger partial charge on any atom is 0.272 e. The van der Waals surface area contributed by atoms with Crippen LogP contribution < -0.4 is 15.8 Å². The first kappa shape index (κ1) is 24.2. The van der Waals surface area contributed by atoms with Crippen molar-refractivity contribution in [1.82, 2.24) is 20.1 Å². The van der Waals surface area contributed by atoms with E-state index in [1.54, 1.807) is 6.07 Å². The molecule has 37 heavy (non-hydrogen) atoms. The first-order chi connectivity index (χ1) is 17.9. The molecule has 5 rings (SSSR count). The number of nitrogens with zero attached hydrogens (tertiary/aromatic N) is 4. The second-order valence-electron chi connectivity index (χ2n) is 9.19. The van der Waals surface area contributed by atoms with Gasteiger partial charge in [0.25, 0.3) is 11.5 Å². The minimum atomic E-state index is -0.212. The average Bonchev–Trinajstić information content (AvgIpc) is 2.91. The zero-order valence-corrected chi connectivity index (χ0v) is 20.8. The molecule has 2 N–H and O–H groups in total. The number of fused-ring (bicyclic) bond motifs is 1. The molecule has 0 atom stereocenters. The number of carbonyl (C=O) groups is 2. The van der Waals surface area contributed by atoms with Gasteiger partial charge in [-0.2, -0.15) is 5.10 Å². The molecule has 0 bridgehead atoms. The van der Waals surface area contributed by atoms with Crippen LogP contribution in [0.4, 0.5) is 11.5 Å². The van der Waals surface area contributed by atoms with Crippen LogP contribution in [0.15, 0.2) is 65.5 Å². The molecule has 0 spiro atoms. The highest BCUT2D eigenvalue weighted by atomic mass is 16.2. The van der Waals surface area contributed by atoms with Gasteiger partial charge in [0.15, 0.2) is 0 Å². The lowest BCUT2D eigenvalue weighted by Crippen LogP contribution is -2.49. The number of rotatable bonds is 5. The Bertz CT molecular complexity index is 1540. The van der Waals surface area contributed by atoms with Crippen molar-refractivity contribution in [2.75, 3.05) is 36.4 Å². The standard InChI is InChI=1S/C28H28N6O3/c1-18-24(30-19(2)35)10-11-26(29-18)33-12-14-34(15-13-33)28(37)21-7-5-6-20(16-21)17-25-22-8-3-4-9-23(22)27(36)32-31-25/h3-11,16H,12-15,17H2,1-2H3,(H,30,35)(H,32,36). The van der Waals surface area contributed by atoms with E-state index in [1.165, 1.54) is 6.92 Å². The predicted octanol–water partition coefficient (Wildman–Crippen LogP) is 3.14. The summed E-state index contributed by atoms with van der Waals surface area (Å²) in [5.74, 6) is 0.699. The van der Waals surface area contributed by atoms with Crippen LogP contribution in [0.1, 0.15) is 34.2 Å². The molecule has 2 aromatic carbocycles. The van der Waals surface area contributed by atoms with Crippen molar-refractivity contribution in [3.8, 4) is 0 Å². The molecule has 188 valence electrons. The number of pyridine rings is 1. The van der Waals surface area contributed by atoms with Crippen LogP contribution in [0.5, 0.6) is 0 Å². The fourth-order valence-corrected chi connectivity index (χ4v) is 4.68. The van der Waals surface area contributed by atoms with Gasteiger partial charge in [-0.25, -0.2) is 10.1 Å². The van der Waals surface area contributed by atoms with Crippen LogP contribution in [0.3, 0.4) is 0 Å². The predicted molar refractivity (Wildman–Crippen MR) is 143 cm³/mol. The Labute approximate surface area is 214 Å². The molecule has 1 aliphatic rings. The van der Waals surface area contributed by atoms with Crippen LogP contribution in [-0.4, -0.2) is 58.1 Å². The van der Waals surface area contributed by atoms with Crippen LogP contribution >= 0.6 is 0 Å². The van der Waals surface area contributed by atoms with Crippen molar-refractivity contribution in [3.63, 3.8) is 0 Å². The van der Waals surface area contributed by atoms with E-state index < -0.39 is 0 Å². The molecular weight excluding hydrogens is 468 g/mol. The summed E-state index contributed by atoms with van der Waals surface area (Å²) in [6.45, 7) is 5.86. The largest absolute Gasteiger partial charge is 0.353 e. The van der Waals surface area contributed by atoms with Gasteiger partial charge in [-0.1, -0.05) is 30.3 Å². The molecule has 3 heterocycles. The molecule has 9 heteroatoms. The molecule has 4 aromatic rings. The molecule has 0 radical (unpaired) electrons. The summed E-state index contributed by atoms with van der Waals surface area (Å²) in [4.78, 5) is 45.4. The van der Waals surface area contributed by atoms with Gasteiger partial charge >= 0.3 is 0 Å². The highest BCUT2D eigenvalue weighted by Gasteiger charge is 2.23. The van der Waals surface area contributed by atoms with E-state index in [1.807, 2.05) is 66.4 Å². The number of benzene rings is 2. The summed E-state index contributed by atoms with van der Waals surface area (Å²) in [6, 6.07) is 18.8. The zero-order valence-electron chi connectivity index (χ0n) is 20.8. The number of H-pyrrole nitrogens is 1. The number of carbonyl (C=O) groups excluding carboxylic acids is 2. The Kier molecular flexibility index (Phi) is 6.68. The summed E-state index contributed by atoms with van der Waals surface area (Å²) in [6.07, 6.45) is 0.506. The van der Waals surface area contributed by atoms with Gasteiger partial charge in [0, 0.05) is 50.5 Å². The van der Waals surface area contributed by atoms with Crippen molar-refractivity contribution in [2.45, 2.75) is 20.3 Å². The molecule has 0 aliphatic carbocycles. The fourth-order valence-electron chi connectivity index (χ4n) is 4.68.